The van der Waals surface area contributed by atoms with Crippen LogP contribution in [0.2, 0.25) is 9.36 Å². The van der Waals surface area contributed by atoms with Gasteiger partial charge < -0.3 is 5.32 Å². The third-order valence-corrected chi connectivity index (χ3v) is 4.25. The average Bonchev–Trinajstić information content (AvgIpc) is 2.81. The number of benzene rings is 1. The predicted molar refractivity (Wildman–Crippen MR) is 83.5 cm³/mol. The van der Waals surface area contributed by atoms with Crippen molar-refractivity contribution < 1.29 is 9.72 Å². The highest BCUT2D eigenvalue weighted by molar-refractivity contribution is 7.18. The third-order valence-electron chi connectivity index (χ3n) is 2.68. The van der Waals surface area contributed by atoms with Crippen molar-refractivity contribution in [3.63, 3.8) is 0 Å². The van der Waals surface area contributed by atoms with Crippen LogP contribution in [0.1, 0.15) is 15.2 Å². The molecule has 0 radical (unpaired) electrons. The molecule has 0 atom stereocenters. The van der Waals surface area contributed by atoms with E-state index in [9.17, 15) is 14.9 Å². The van der Waals surface area contributed by atoms with Crippen LogP contribution in [0.25, 0.3) is 0 Å². The Balaban J connectivity index is 1.93. The topological polar surface area (TPSA) is 72.2 Å². The summed E-state index contributed by atoms with van der Waals surface area (Å²) >= 11 is 12.5. The smallest absolute Gasteiger partial charge is 0.299 e. The van der Waals surface area contributed by atoms with Crippen molar-refractivity contribution in [1.29, 1.82) is 0 Å². The van der Waals surface area contributed by atoms with Crippen molar-refractivity contribution in [2.24, 2.45) is 0 Å². The highest BCUT2D eigenvalue weighted by Crippen LogP contribution is 2.33. The van der Waals surface area contributed by atoms with E-state index in [1.54, 1.807) is 6.07 Å². The molecule has 1 aromatic carbocycles. The summed E-state index contributed by atoms with van der Waals surface area (Å²) in [5.41, 5.74) is 0.750. The first-order chi connectivity index (χ1) is 9.97. The second-order valence-corrected chi connectivity index (χ2v) is 6.25. The molecule has 1 amide bonds. The summed E-state index contributed by atoms with van der Waals surface area (Å²) in [7, 11) is 0. The molecule has 1 aromatic heterocycles. The van der Waals surface area contributed by atoms with Crippen molar-refractivity contribution in [3.8, 4) is 0 Å². The molecule has 8 heteroatoms. The van der Waals surface area contributed by atoms with Gasteiger partial charge in [0.2, 0.25) is 0 Å². The fourth-order valence-corrected chi connectivity index (χ4v) is 3.05. The molecule has 2 rings (SSSR count). The van der Waals surface area contributed by atoms with Crippen molar-refractivity contribution in [2.45, 2.75) is 6.42 Å². The minimum absolute atomic E-state index is 0.00000816. The van der Waals surface area contributed by atoms with Gasteiger partial charge in [0.15, 0.2) is 4.34 Å². The third kappa shape index (κ3) is 4.17. The number of thiophene rings is 1. The highest BCUT2D eigenvalue weighted by Gasteiger charge is 2.20. The largest absolute Gasteiger partial charge is 0.351 e. The summed E-state index contributed by atoms with van der Waals surface area (Å²) in [5, 5.41) is 14.0. The van der Waals surface area contributed by atoms with Gasteiger partial charge in [0.1, 0.15) is 4.88 Å². The molecular weight excluding hydrogens is 335 g/mol. The summed E-state index contributed by atoms with van der Waals surface area (Å²) in [6.45, 7) is 0.405. The Labute approximate surface area is 134 Å². The molecule has 0 saturated carbocycles. The van der Waals surface area contributed by atoms with Gasteiger partial charge in [-0.2, -0.15) is 0 Å². The van der Waals surface area contributed by atoms with Crippen molar-refractivity contribution >= 4 is 46.1 Å². The lowest BCUT2D eigenvalue weighted by atomic mass is 10.1. The number of hydrogen-bond acceptors (Lipinski definition) is 4. The Bertz CT molecular complexity index is 688. The number of nitrogens with one attached hydrogen (secondary N) is 1. The summed E-state index contributed by atoms with van der Waals surface area (Å²) in [4.78, 5) is 22.2. The van der Waals surface area contributed by atoms with Crippen molar-refractivity contribution in [2.75, 3.05) is 6.54 Å². The van der Waals surface area contributed by atoms with Crippen LogP contribution in [0.3, 0.4) is 0 Å². The number of carbonyl (C=O) groups is 1. The lowest BCUT2D eigenvalue weighted by Gasteiger charge is -2.04. The van der Waals surface area contributed by atoms with Gasteiger partial charge in [-0.1, -0.05) is 35.3 Å². The molecule has 0 unspecified atom stereocenters. The Hall–Kier alpha value is -1.63. The van der Waals surface area contributed by atoms with Gasteiger partial charge in [-0.15, -0.1) is 11.3 Å². The van der Waals surface area contributed by atoms with Gasteiger partial charge in [-0.3, -0.25) is 14.9 Å². The number of carbonyl (C=O) groups excluding carboxylic acids is 1. The Morgan fingerprint density at radius 3 is 2.71 bits per heavy atom. The number of hydrogen-bond donors (Lipinski definition) is 1. The molecular formula is C13H10Cl2N2O3S. The fourth-order valence-electron chi connectivity index (χ4n) is 1.70. The molecule has 0 aliphatic carbocycles. The Morgan fingerprint density at radius 1 is 1.33 bits per heavy atom. The lowest BCUT2D eigenvalue weighted by molar-refractivity contribution is -0.384. The molecule has 2 aromatic rings. The molecule has 1 N–H and O–H groups in total. The monoisotopic (exact) mass is 344 g/mol. The first-order valence-corrected chi connectivity index (χ1v) is 7.51. The van der Waals surface area contributed by atoms with E-state index in [4.69, 9.17) is 23.2 Å². The summed E-state index contributed by atoms with van der Waals surface area (Å²) in [6.07, 6.45) is 0.619. The van der Waals surface area contributed by atoms with E-state index in [2.05, 4.69) is 5.32 Å². The Morgan fingerprint density at radius 2 is 2.10 bits per heavy atom. The molecule has 5 nitrogen and oxygen atoms in total. The maximum Gasteiger partial charge on any atom is 0.299 e. The minimum atomic E-state index is -0.610. The van der Waals surface area contributed by atoms with E-state index in [-0.39, 0.29) is 20.8 Å². The van der Waals surface area contributed by atoms with Gasteiger partial charge in [0, 0.05) is 17.6 Å². The zero-order valence-corrected chi connectivity index (χ0v) is 13.0. The van der Waals surface area contributed by atoms with E-state index < -0.39 is 4.92 Å². The standard InChI is InChI=1S/C13H10Cl2N2O3S/c14-9-3-1-2-8(6-9)4-5-16-13(18)11-7-10(17(19)20)12(15)21-11/h1-3,6-7H,4-5H2,(H,16,18). The van der Waals surface area contributed by atoms with E-state index in [0.717, 1.165) is 16.9 Å². The molecule has 1 heterocycles. The first-order valence-electron chi connectivity index (χ1n) is 5.93. The van der Waals surface area contributed by atoms with Crippen LogP contribution in [0.5, 0.6) is 0 Å². The Kier molecular flexibility index (Phi) is 5.17. The second-order valence-electron chi connectivity index (χ2n) is 4.16. The molecule has 0 bridgehead atoms. The van der Waals surface area contributed by atoms with E-state index >= 15 is 0 Å². The molecule has 0 aliphatic rings. The van der Waals surface area contributed by atoms with Crippen LogP contribution in [-0.2, 0) is 6.42 Å². The zero-order valence-electron chi connectivity index (χ0n) is 10.6. The minimum Gasteiger partial charge on any atom is -0.351 e. The number of amides is 1. The van der Waals surface area contributed by atoms with E-state index in [0.29, 0.717) is 18.0 Å². The molecule has 0 saturated heterocycles. The molecule has 21 heavy (non-hydrogen) atoms. The quantitative estimate of drug-likeness (QED) is 0.659. The van der Waals surface area contributed by atoms with Crippen LogP contribution in [0.15, 0.2) is 30.3 Å². The summed E-state index contributed by atoms with van der Waals surface area (Å²) in [5.74, 6) is -0.378. The van der Waals surface area contributed by atoms with Crippen molar-refractivity contribution in [3.05, 3.63) is 60.2 Å². The van der Waals surface area contributed by atoms with Gasteiger partial charge in [-0.25, -0.2) is 0 Å². The fraction of sp³-hybridized carbons (Fsp3) is 0.154. The van der Waals surface area contributed by atoms with Crippen LogP contribution in [-0.4, -0.2) is 17.4 Å². The second kappa shape index (κ2) is 6.89. The van der Waals surface area contributed by atoms with Gasteiger partial charge >= 0.3 is 0 Å². The first kappa shape index (κ1) is 15.8. The molecule has 110 valence electrons. The highest BCUT2D eigenvalue weighted by atomic mass is 35.5. The van der Waals surface area contributed by atoms with Gasteiger partial charge in [0.25, 0.3) is 11.6 Å². The van der Waals surface area contributed by atoms with Gasteiger partial charge in [0.05, 0.1) is 4.92 Å². The van der Waals surface area contributed by atoms with E-state index in [1.165, 1.54) is 6.07 Å². The number of rotatable bonds is 5. The zero-order chi connectivity index (χ0) is 15.4. The van der Waals surface area contributed by atoms with Crippen LogP contribution in [0.4, 0.5) is 5.69 Å². The molecule has 0 fully saturated rings. The average molecular weight is 345 g/mol. The summed E-state index contributed by atoms with van der Waals surface area (Å²) in [6, 6.07) is 8.52. The molecule has 0 spiro atoms. The van der Waals surface area contributed by atoms with Crippen molar-refractivity contribution in [1.82, 2.24) is 5.32 Å². The van der Waals surface area contributed by atoms with E-state index in [1.807, 2.05) is 18.2 Å². The molecule has 0 aliphatic heterocycles. The van der Waals surface area contributed by atoms with Crippen LogP contribution in [0, 0.1) is 10.1 Å². The predicted octanol–water partition coefficient (Wildman–Crippen LogP) is 3.94. The SMILES string of the molecule is O=C(NCCc1cccc(Cl)c1)c1cc([N+](=O)[O-])c(Cl)s1. The summed E-state index contributed by atoms with van der Waals surface area (Å²) < 4.78 is -0.00000816. The van der Waals surface area contributed by atoms with Crippen LogP contribution < -0.4 is 5.32 Å². The lowest BCUT2D eigenvalue weighted by Crippen LogP contribution is -2.24. The maximum atomic E-state index is 11.9. The van der Waals surface area contributed by atoms with Crippen LogP contribution >= 0.6 is 34.5 Å². The number of halogens is 2. The maximum absolute atomic E-state index is 11.9. The number of nitro groups is 1. The van der Waals surface area contributed by atoms with Gasteiger partial charge in [-0.05, 0) is 24.1 Å². The normalized spacial score (nSPS) is 10.4. The number of nitrogens with zero attached hydrogens (tertiary/aromatic N) is 1.